The average Bonchev–Trinajstić information content (AvgIpc) is 3.36. The van der Waals surface area contributed by atoms with Gasteiger partial charge in [-0.2, -0.15) is 5.10 Å². The van der Waals surface area contributed by atoms with E-state index in [1.54, 1.807) is 24.7 Å². The molecule has 0 aliphatic heterocycles. The molecule has 10 heteroatoms. The van der Waals surface area contributed by atoms with Gasteiger partial charge in [0.25, 0.3) is 5.91 Å². The van der Waals surface area contributed by atoms with Crippen LogP contribution in [-0.4, -0.2) is 20.7 Å². The molecule has 30 heavy (non-hydrogen) atoms. The summed E-state index contributed by atoms with van der Waals surface area (Å²) in [5.41, 5.74) is 0.679. The molecule has 0 bridgehead atoms. The summed E-state index contributed by atoms with van der Waals surface area (Å²) in [7, 11) is 0. The number of benzene rings is 2. The fraction of sp³-hybridized carbons (Fsp3) is 0.0500. The number of nitrogens with one attached hydrogen (secondary N) is 1. The SMILES string of the molecule is Cc1nn(-c2nccs2)cc1-c1ccc(NC(=O)c2ccc(F)c(F)c2F)cc1F. The van der Waals surface area contributed by atoms with Gasteiger partial charge in [0, 0.05) is 34.6 Å². The molecule has 0 atom stereocenters. The number of hydrogen-bond acceptors (Lipinski definition) is 4. The lowest BCUT2D eigenvalue weighted by molar-refractivity contribution is 0.102. The Morgan fingerprint density at radius 3 is 2.53 bits per heavy atom. The van der Waals surface area contributed by atoms with E-state index in [4.69, 9.17) is 0 Å². The lowest BCUT2D eigenvalue weighted by Crippen LogP contribution is -2.15. The molecule has 5 nitrogen and oxygen atoms in total. The van der Waals surface area contributed by atoms with Crippen LogP contribution in [0.4, 0.5) is 23.2 Å². The molecule has 2 heterocycles. The molecule has 2 aromatic carbocycles. The minimum Gasteiger partial charge on any atom is -0.322 e. The largest absolute Gasteiger partial charge is 0.322 e. The minimum absolute atomic E-state index is 0.0235. The Hall–Kier alpha value is -3.53. The van der Waals surface area contributed by atoms with Gasteiger partial charge in [0.2, 0.25) is 5.13 Å². The first-order valence-electron chi connectivity index (χ1n) is 8.56. The molecule has 4 aromatic rings. The van der Waals surface area contributed by atoms with E-state index >= 15 is 0 Å². The second kappa shape index (κ2) is 7.71. The summed E-state index contributed by atoms with van der Waals surface area (Å²) in [5, 5.41) is 9.02. The quantitative estimate of drug-likeness (QED) is 0.360. The standard InChI is InChI=1S/C20H12F4N4OS/c1-10-14(9-28(27-10)20-25-6-7-30-20)12-3-2-11(8-16(12)22)26-19(29)13-4-5-15(21)18(24)17(13)23/h2-9H,1H3,(H,26,29). The highest BCUT2D eigenvalue weighted by molar-refractivity contribution is 7.12. The Bertz CT molecular complexity index is 1250. The molecule has 152 valence electrons. The van der Waals surface area contributed by atoms with Crippen molar-refractivity contribution in [2.45, 2.75) is 6.92 Å². The van der Waals surface area contributed by atoms with Crippen LogP contribution < -0.4 is 5.32 Å². The number of amides is 1. The van der Waals surface area contributed by atoms with Crippen LogP contribution >= 0.6 is 11.3 Å². The van der Waals surface area contributed by atoms with Crippen LogP contribution in [0.1, 0.15) is 16.1 Å². The zero-order chi connectivity index (χ0) is 21.4. The van der Waals surface area contributed by atoms with Crippen LogP contribution in [0.25, 0.3) is 16.3 Å². The van der Waals surface area contributed by atoms with E-state index in [0.29, 0.717) is 22.5 Å². The number of carbonyl (C=O) groups excluding carboxylic acids is 1. The van der Waals surface area contributed by atoms with E-state index in [9.17, 15) is 22.4 Å². The summed E-state index contributed by atoms with van der Waals surface area (Å²) >= 11 is 1.37. The number of halogens is 4. The fourth-order valence-corrected chi connectivity index (χ4v) is 3.43. The van der Waals surface area contributed by atoms with Crippen molar-refractivity contribution >= 4 is 22.9 Å². The van der Waals surface area contributed by atoms with Crippen molar-refractivity contribution < 1.29 is 22.4 Å². The van der Waals surface area contributed by atoms with E-state index < -0.39 is 34.7 Å². The molecule has 1 amide bonds. The number of aryl methyl sites for hydroxylation is 1. The lowest BCUT2D eigenvalue weighted by Gasteiger charge is -2.09. The lowest BCUT2D eigenvalue weighted by atomic mass is 10.1. The number of nitrogens with zero attached hydrogens (tertiary/aromatic N) is 3. The van der Waals surface area contributed by atoms with E-state index in [1.165, 1.54) is 28.2 Å². The maximum absolute atomic E-state index is 14.7. The maximum Gasteiger partial charge on any atom is 0.258 e. The fourth-order valence-electron chi connectivity index (χ4n) is 2.86. The van der Waals surface area contributed by atoms with E-state index in [1.807, 2.05) is 0 Å². The number of thiazole rings is 1. The first-order chi connectivity index (χ1) is 14.3. The summed E-state index contributed by atoms with van der Waals surface area (Å²) in [6.45, 7) is 1.72. The second-order valence-corrected chi connectivity index (χ2v) is 7.13. The Kier molecular flexibility index (Phi) is 5.08. The molecule has 4 rings (SSSR count). The molecule has 0 unspecified atom stereocenters. The minimum atomic E-state index is -1.75. The van der Waals surface area contributed by atoms with Crippen molar-refractivity contribution in [2.75, 3.05) is 5.32 Å². The van der Waals surface area contributed by atoms with Crippen LogP contribution in [0.3, 0.4) is 0 Å². The Morgan fingerprint density at radius 1 is 1.03 bits per heavy atom. The van der Waals surface area contributed by atoms with Crippen molar-refractivity contribution in [2.24, 2.45) is 0 Å². The molecular formula is C20H12F4N4OS. The second-order valence-electron chi connectivity index (χ2n) is 6.26. The number of carbonyl (C=O) groups is 1. The van der Waals surface area contributed by atoms with Crippen molar-refractivity contribution in [3.63, 3.8) is 0 Å². The first-order valence-corrected chi connectivity index (χ1v) is 9.44. The van der Waals surface area contributed by atoms with Gasteiger partial charge in [-0.3, -0.25) is 4.79 Å². The molecule has 0 fully saturated rings. The number of hydrogen-bond donors (Lipinski definition) is 1. The normalized spacial score (nSPS) is 11.0. The van der Waals surface area contributed by atoms with Crippen molar-refractivity contribution in [1.29, 1.82) is 0 Å². The highest BCUT2D eigenvalue weighted by atomic mass is 32.1. The zero-order valence-corrected chi connectivity index (χ0v) is 16.1. The number of aromatic nitrogens is 3. The van der Waals surface area contributed by atoms with Crippen molar-refractivity contribution in [3.8, 4) is 16.3 Å². The van der Waals surface area contributed by atoms with Crippen LogP contribution in [0, 0.1) is 30.2 Å². The van der Waals surface area contributed by atoms with Crippen LogP contribution in [0.15, 0.2) is 48.1 Å². The van der Waals surface area contributed by atoms with Crippen LogP contribution in [0.5, 0.6) is 0 Å². The Labute approximate surface area is 171 Å². The topological polar surface area (TPSA) is 59.8 Å². The van der Waals surface area contributed by atoms with E-state index in [2.05, 4.69) is 15.4 Å². The van der Waals surface area contributed by atoms with E-state index in [-0.39, 0.29) is 11.3 Å². The molecule has 0 spiro atoms. The van der Waals surface area contributed by atoms with Gasteiger partial charge in [0.1, 0.15) is 5.82 Å². The average molecular weight is 432 g/mol. The van der Waals surface area contributed by atoms with Gasteiger partial charge < -0.3 is 5.32 Å². The molecule has 0 aliphatic rings. The van der Waals surface area contributed by atoms with Crippen molar-refractivity contribution in [3.05, 3.63) is 82.6 Å². The van der Waals surface area contributed by atoms with Gasteiger partial charge >= 0.3 is 0 Å². The summed E-state index contributed by atoms with van der Waals surface area (Å²) < 4.78 is 56.4. The van der Waals surface area contributed by atoms with Crippen molar-refractivity contribution in [1.82, 2.24) is 14.8 Å². The zero-order valence-electron chi connectivity index (χ0n) is 15.3. The third-order valence-corrected chi connectivity index (χ3v) is 5.07. The predicted molar refractivity (Wildman–Crippen MR) is 104 cm³/mol. The van der Waals surface area contributed by atoms with Gasteiger partial charge in [-0.15, -0.1) is 11.3 Å². The van der Waals surface area contributed by atoms with Gasteiger partial charge in [-0.05, 0) is 37.3 Å². The summed E-state index contributed by atoms with van der Waals surface area (Å²) in [6.07, 6.45) is 3.27. The summed E-state index contributed by atoms with van der Waals surface area (Å²) in [4.78, 5) is 16.3. The Balaban J connectivity index is 1.60. The first kappa shape index (κ1) is 19.8. The van der Waals surface area contributed by atoms with Crippen LogP contribution in [-0.2, 0) is 0 Å². The van der Waals surface area contributed by atoms with Gasteiger partial charge in [-0.25, -0.2) is 27.2 Å². The third-order valence-electron chi connectivity index (χ3n) is 4.31. The Morgan fingerprint density at radius 2 is 1.83 bits per heavy atom. The number of rotatable bonds is 4. The maximum atomic E-state index is 14.7. The summed E-state index contributed by atoms with van der Waals surface area (Å²) in [6, 6.07) is 5.34. The predicted octanol–water partition coefficient (Wildman–Crippen LogP) is 5.11. The summed E-state index contributed by atoms with van der Waals surface area (Å²) in [5.74, 6) is -6.47. The molecule has 0 radical (unpaired) electrons. The van der Waals surface area contributed by atoms with Crippen LogP contribution in [0.2, 0.25) is 0 Å². The molecule has 2 aromatic heterocycles. The smallest absolute Gasteiger partial charge is 0.258 e. The number of anilines is 1. The van der Waals surface area contributed by atoms with Gasteiger partial charge in [-0.1, -0.05) is 0 Å². The highest BCUT2D eigenvalue weighted by Crippen LogP contribution is 2.29. The molecule has 0 aliphatic carbocycles. The monoisotopic (exact) mass is 432 g/mol. The molecule has 0 saturated carbocycles. The molecule has 1 N–H and O–H groups in total. The third kappa shape index (κ3) is 3.57. The van der Waals surface area contributed by atoms with Gasteiger partial charge in [0.15, 0.2) is 17.5 Å². The van der Waals surface area contributed by atoms with Gasteiger partial charge in [0.05, 0.1) is 11.3 Å². The molecular weight excluding hydrogens is 420 g/mol. The molecule has 0 saturated heterocycles. The highest BCUT2D eigenvalue weighted by Gasteiger charge is 2.20. The van der Waals surface area contributed by atoms with E-state index in [0.717, 1.165) is 12.1 Å².